The fraction of sp³-hybridized carbons (Fsp3) is 0. The molecule has 3 heterocycles. The Labute approximate surface area is 92.1 Å². The van der Waals surface area contributed by atoms with Crippen LogP contribution in [-0.4, -0.2) is 9.55 Å². The summed E-state index contributed by atoms with van der Waals surface area (Å²) < 4.78 is 1.45. The highest BCUT2D eigenvalue weighted by atomic mass is 16.1. The monoisotopic (exact) mass is 211 g/mol. The van der Waals surface area contributed by atoms with Gasteiger partial charge in [-0.2, -0.15) is 4.98 Å². The number of fused-ring (bicyclic) bond motifs is 3. The van der Waals surface area contributed by atoms with E-state index in [-0.39, 0.29) is 5.69 Å². The molecule has 1 aromatic heterocycles. The number of para-hydroxylation sites is 1. The number of aromatic nitrogens is 2. The molecule has 0 saturated carbocycles. The van der Waals surface area contributed by atoms with Crippen molar-refractivity contribution in [2.24, 2.45) is 0 Å². The summed E-state index contributed by atoms with van der Waals surface area (Å²) in [5.41, 5.74) is 0.728. The van der Waals surface area contributed by atoms with E-state index >= 15 is 0 Å². The van der Waals surface area contributed by atoms with Crippen LogP contribution in [0.5, 0.6) is 0 Å². The Morgan fingerprint density at radius 2 is 1.81 bits per heavy atom. The molecule has 16 heavy (non-hydrogen) atoms. The van der Waals surface area contributed by atoms with E-state index in [1.165, 1.54) is 4.57 Å². The lowest BCUT2D eigenvalue weighted by Gasteiger charge is -2.16. The topological polar surface area (TPSA) is 38.1 Å². The van der Waals surface area contributed by atoms with Gasteiger partial charge in [0.2, 0.25) is 0 Å². The largest absolute Gasteiger partial charge is 0.353 e. The van der Waals surface area contributed by atoms with Gasteiger partial charge < -0.3 is 4.90 Å². The normalized spacial score (nSPS) is 12.9. The molecule has 4 heteroatoms. The minimum Gasteiger partial charge on any atom is -0.300 e. The first-order valence-corrected chi connectivity index (χ1v) is 4.96. The summed E-state index contributed by atoms with van der Waals surface area (Å²) >= 11 is 0. The zero-order valence-electron chi connectivity index (χ0n) is 8.45. The summed E-state index contributed by atoms with van der Waals surface area (Å²) in [6.07, 6.45) is 5.25. The van der Waals surface area contributed by atoms with Crippen LogP contribution in [0.4, 0.5) is 11.5 Å². The average Bonchev–Trinajstić information content (AvgIpc) is 2.61. The van der Waals surface area contributed by atoms with Gasteiger partial charge in [-0.05, 0) is 18.2 Å². The average molecular weight is 211 g/mol. The van der Waals surface area contributed by atoms with E-state index in [1.807, 2.05) is 47.5 Å². The second-order valence-electron chi connectivity index (χ2n) is 3.48. The van der Waals surface area contributed by atoms with Crippen LogP contribution in [-0.2, 0) is 0 Å². The summed E-state index contributed by atoms with van der Waals surface area (Å²) in [6, 6.07) is 11.6. The highest BCUT2D eigenvalue weighted by Crippen LogP contribution is 2.24. The molecule has 2 aromatic rings. The van der Waals surface area contributed by atoms with Crippen molar-refractivity contribution in [2.75, 3.05) is 4.90 Å². The van der Waals surface area contributed by atoms with Crippen LogP contribution in [0.25, 0.3) is 6.20 Å². The van der Waals surface area contributed by atoms with E-state index in [0.29, 0.717) is 5.82 Å². The molecule has 0 saturated heterocycles. The Kier molecular flexibility index (Phi) is 1.86. The highest BCUT2D eigenvalue weighted by molar-refractivity contribution is 5.65. The first-order valence-electron chi connectivity index (χ1n) is 4.96. The molecule has 0 atom stereocenters. The first kappa shape index (κ1) is 8.91. The SMILES string of the molecule is O=c1nc2ccn1C=CN2c1ccccc1. The van der Waals surface area contributed by atoms with Crippen LogP contribution in [0.3, 0.4) is 0 Å². The van der Waals surface area contributed by atoms with Gasteiger partial charge in [-0.1, -0.05) is 18.2 Å². The summed E-state index contributed by atoms with van der Waals surface area (Å²) in [7, 11) is 0. The van der Waals surface area contributed by atoms with Crippen molar-refractivity contribution >= 4 is 17.7 Å². The van der Waals surface area contributed by atoms with Gasteiger partial charge in [-0.25, -0.2) is 4.79 Å². The fourth-order valence-corrected chi connectivity index (χ4v) is 1.67. The second-order valence-corrected chi connectivity index (χ2v) is 3.48. The summed E-state index contributed by atoms with van der Waals surface area (Å²) in [5, 5.41) is 0. The molecular formula is C12H9N3O. The van der Waals surface area contributed by atoms with Gasteiger partial charge in [-0.3, -0.25) is 4.57 Å². The number of benzene rings is 1. The van der Waals surface area contributed by atoms with Crippen LogP contribution >= 0.6 is 0 Å². The molecule has 1 aromatic carbocycles. The Balaban J connectivity index is 2.16. The van der Waals surface area contributed by atoms with Crippen molar-refractivity contribution in [1.29, 1.82) is 0 Å². The number of nitrogens with zero attached hydrogens (tertiary/aromatic N) is 3. The lowest BCUT2D eigenvalue weighted by Crippen LogP contribution is -2.18. The lowest BCUT2D eigenvalue weighted by atomic mass is 10.3. The maximum Gasteiger partial charge on any atom is 0.353 e. The van der Waals surface area contributed by atoms with Gasteiger partial charge in [0.05, 0.1) is 0 Å². The number of hydrogen-bond acceptors (Lipinski definition) is 3. The van der Waals surface area contributed by atoms with E-state index in [9.17, 15) is 4.79 Å². The minimum absolute atomic E-state index is 0.257. The fourth-order valence-electron chi connectivity index (χ4n) is 1.67. The molecule has 0 spiro atoms. The lowest BCUT2D eigenvalue weighted by molar-refractivity contribution is 0.971. The van der Waals surface area contributed by atoms with E-state index < -0.39 is 0 Å². The zero-order valence-corrected chi connectivity index (χ0v) is 8.45. The van der Waals surface area contributed by atoms with Crippen LogP contribution in [0, 0.1) is 0 Å². The third-order valence-corrected chi connectivity index (χ3v) is 2.47. The van der Waals surface area contributed by atoms with E-state index in [4.69, 9.17) is 0 Å². The van der Waals surface area contributed by atoms with Crippen LogP contribution in [0.1, 0.15) is 0 Å². The van der Waals surface area contributed by atoms with E-state index in [1.54, 1.807) is 12.4 Å². The number of anilines is 2. The van der Waals surface area contributed by atoms with E-state index in [0.717, 1.165) is 5.69 Å². The molecule has 78 valence electrons. The van der Waals surface area contributed by atoms with Crippen molar-refractivity contribution in [3.8, 4) is 0 Å². The van der Waals surface area contributed by atoms with Crippen molar-refractivity contribution in [3.63, 3.8) is 0 Å². The van der Waals surface area contributed by atoms with Crippen molar-refractivity contribution in [1.82, 2.24) is 9.55 Å². The first-order chi connectivity index (χ1) is 7.84. The molecule has 2 bridgehead atoms. The Hall–Kier alpha value is -2.36. The smallest absolute Gasteiger partial charge is 0.300 e. The van der Waals surface area contributed by atoms with Crippen LogP contribution < -0.4 is 10.6 Å². The zero-order chi connectivity index (χ0) is 11.0. The number of rotatable bonds is 1. The van der Waals surface area contributed by atoms with Crippen LogP contribution in [0.15, 0.2) is 53.6 Å². The quantitative estimate of drug-likeness (QED) is 0.722. The number of hydrogen-bond donors (Lipinski definition) is 0. The molecule has 0 unspecified atom stereocenters. The Morgan fingerprint density at radius 1 is 1.00 bits per heavy atom. The molecule has 4 nitrogen and oxygen atoms in total. The third-order valence-electron chi connectivity index (χ3n) is 2.47. The predicted octanol–water partition coefficient (Wildman–Crippen LogP) is 1.82. The predicted molar refractivity (Wildman–Crippen MR) is 62.4 cm³/mol. The van der Waals surface area contributed by atoms with Crippen molar-refractivity contribution in [2.45, 2.75) is 0 Å². The van der Waals surface area contributed by atoms with E-state index in [2.05, 4.69) is 4.98 Å². The van der Waals surface area contributed by atoms with Gasteiger partial charge >= 0.3 is 5.69 Å². The third kappa shape index (κ3) is 1.32. The molecule has 0 N–H and O–H groups in total. The van der Waals surface area contributed by atoms with Crippen molar-refractivity contribution in [3.05, 3.63) is 59.3 Å². The minimum atomic E-state index is -0.257. The molecule has 0 amide bonds. The van der Waals surface area contributed by atoms with Gasteiger partial charge in [0, 0.05) is 24.3 Å². The highest BCUT2D eigenvalue weighted by Gasteiger charge is 2.11. The molecule has 2 aliphatic rings. The maximum atomic E-state index is 11.5. The molecule has 0 aliphatic carbocycles. The summed E-state index contributed by atoms with van der Waals surface area (Å²) in [4.78, 5) is 17.3. The van der Waals surface area contributed by atoms with Gasteiger partial charge in [0.1, 0.15) is 5.82 Å². The second kappa shape index (κ2) is 3.34. The summed E-state index contributed by atoms with van der Waals surface area (Å²) in [5.74, 6) is 0.640. The van der Waals surface area contributed by atoms with Gasteiger partial charge in [0.25, 0.3) is 0 Å². The van der Waals surface area contributed by atoms with Gasteiger partial charge in [-0.15, -0.1) is 0 Å². The van der Waals surface area contributed by atoms with Crippen molar-refractivity contribution < 1.29 is 0 Å². The molecule has 0 fully saturated rings. The van der Waals surface area contributed by atoms with Gasteiger partial charge in [0.15, 0.2) is 0 Å². The molecule has 2 aliphatic heterocycles. The Morgan fingerprint density at radius 3 is 2.56 bits per heavy atom. The van der Waals surface area contributed by atoms with Crippen LogP contribution in [0.2, 0.25) is 0 Å². The molecule has 4 rings (SSSR count). The summed E-state index contributed by atoms with van der Waals surface area (Å²) in [6.45, 7) is 0. The molecular weight excluding hydrogens is 202 g/mol. The Bertz CT molecular complexity index is 601. The molecule has 0 radical (unpaired) electrons. The standard InChI is InChI=1S/C12H9N3O/c16-12-13-11-6-7-14(12)8-9-15(11)10-4-2-1-3-5-10/h1-9H. The maximum absolute atomic E-state index is 11.5.